The molecule has 11 heavy (non-hydrogen) atoms. The van der Waals surface area contributed by atoms with Gasteiger partial charge in [-0.15, -0.1) is 0 Å². The number of hydrogen-bond acceptors (Lipinski definition) is 4. The van der Waals surface area contributed by atoms with Gasteiger partial charge in [0.2, 0.25) is 0 Å². The molecule has 0 bridgehead atoms. The highest BCUT2D eigenvalue weighted by Crippen LogP contribution is 2.21. The van der Waals surface area contributed by atoms with Gasteiger partial charge in [0, 0.05) is 0 Å². The van der Waals surface area contributed by atoms with Crippen molar-refractivity contribution in [3.8, 4) is 0 Å². The second kappa shape index (κ2) is 2.77. The Hall–Kier alpha value is -1.26. The predicted molar refractivity (Wildman–Crippen MR) is 43.2 cm³/mol. The molecule has 0 fully saturated rings. The number of rotatable bonds is 1. The van der Waals surface area contributed by atoms with Crippen LogP contribution in [0.15, 0.2) is 18.2 Å². The molecule has 0 radical (unpaired) electrons. The van der Waals surface area contributed by atoms with Gasteiger partial charge in [0.15, 0.2) is 0 Å². The van der Waals surface area contributed by atoms with Crippen molar-refractivity contribution in [2.24, 2.45) is 0 Å². The monoisotopic (exact) mass is 153 g/mol. The van der Waals surface area contributed by atoms with Crippen molar-refractivity contribution in [3.63, 3.8) is 0 Å². The summed E-state index contributed by atoms with van der Waals surface area (Å²) >= 11 is 0. The van der Waals surface area contributed by atoms with E-state index in [9.17, 15) is 5.21 Å². The Morgan fingerprint density at radius 2 is 2.18 bits per heavy atom. The van der Waals surface area contributed by atoms with Crippen LogP contribution in [0.4, 0.5) is 11.4 Å². The minimum atomic E-state index is -0.241. The number of aryl methyl sites for hydroxylation is 1. The number of nitrogens with two attached hydrogens (primary N) is 1. The predicted octanol–water partition coefficient (Wildman–Crippen LogP) is 1.27. The number of nitrogen functional groups attached to an aromatic ring is 1. The quantitative estimate of drug-likeness (QED) is 0.470. The Kier molecular flexibility index (Phi) is 1.98. The summed E-state index contributed by atoms with van der Waals surface area (Å²) < 4.78 is 0. The lowest BCUT2D eigenvalue weighted by Gasteiger charge is -2.23. The first kappa shape index (κ1) is 7.84. The molecular weight excluding hydrogens is 144 g/mol. The van der Waals surface area contributed by atoms with E-state index in [1.807, 2.05) is 6.92 Å². The first-order valence-electron chi connectivity index (χ1n) is 3.13. The van der Waals surface area contributed by atoms with Crippen molar-refractivity contribution >= 4 is 11.4 Å². The smallest absolute Gasteiger partial charge is 0.0739 e. The highest BCUT2D eigenvalue weighted by Gasteiger charge is 1.97. The van der Waals surface area contributed by atoms with Gasteiger partial charge in [-0.2, -0.15) is 0 Å². The molecule has 1 rings (SSSR count). The molecule has 0 saturated carbocycles. The highest BCUT2D eigenvalue weighted by molar-refractivity contribution is 5.67. The molecular formula is C7H9N2O2-. The molecule has 0 saturated heterocycles. The minimum Gasteiger partial charge on any atom is -0.733 e. The molecule has 0 heterocycles. The molecule has 0 aliphatic heterocycles. The molecule has 4 heteroatoms. The van der Waals surface area contributed by atoms with E-state index in [0.717, 1.165) is 5.56 Å². The van der Waals surface area contributed by atoms with Crippen LogP contribution in [-0.2, 0) is 0 Å². The SMILES string of the molecule is Cc1ccc(N([O-])O)c(N)c1. The summed E-state index contributed by atoms with van der Waals surface area (Å²) in [6, 6.07) is 4.79. The molecule has 0 unspecified atom stereocenters. The maximum absolute atomic E-state index is 10.4. The van der Waals surface area contributed by atoms with Crippen LogP contribution >= 0.6 is 0 Å². The Morgan fingerprint density at radius 1 is 1.55 bits per heavy atom. The van der Waals surface area contributed by atoms with Crippen molar-refractivity contribution < 1.29 is 5.21 Å². The standard InChI is InChI=1S/C7H9N2O2/c1-5-2-3-7(9(10)11)6(8)4-5/h2-4,10H,8H2,1H3/q-1. The Labute approximate surface area is 64.4 Å². The third-order valence-electron chi connectivity index (χ3n) is 1.39. The maximum Gasteiger partial charge on any atom is 0.0739 e. The lowest BCUT2D eigenvalue weighted by molar-refractivity contribution is 0.297. The highest BCUT2D eigenvalue weighted by atomic mass is 16.8. The topological polar surface area (TPSA) is 72.5 Å². The van der Waals surface area contributed by atoms with Crippen molar-refractivity contribution in [3.05, 3.63) is 29.0 Å². The van der Waals surface area contributed by atoms with Crippen LogP contribution in [0.1, 0.15) is 5.56 Å². The summed E-state index contributed by atoms with van der Waals surface area (Å²) in [4.78, 5) is 0. The molecule has 4 nitrogen and oxygen atoms in total. The normalized spacial score (nSPS) is 9.73. The van der Waals surface area contributed by atoms with Crippen LogP contribution in [0.25, 0.3) is 0 Å². The zero-order valence-corrected chi connectivity index (χ0v) is 6.11. The first-order valence-corrected chi connectivity index (χ1v) is 3.13. The number of nitrogens with zero attached hydrogens (tertiary/aromatic N) is 1. The first-order chi connectivity index (χ1) is 5.11. The van der Waals surface area contributed by atoms with Crippen LogP contribution in [-0.4, -0.2) is 5.21 Å². The van der Waals surface area contributed by atoms with Crippen LogP contribution < -0.4 is 11.0 Å². The zero-order valence-electron chi connectivity index (χ0n) is 6.11. The van der Waals surface area contributed by atoms with E-state index in [4.69, 9.17) is 10.9 Å². The molecule has 0 atom stereocenters. The molecule has 1 aromatic rings. The van der Waals surface area contributed by atoms with E-state index < -0.39 is 0 Å². The van der Waals surface area contributed by atoms with Crippen molar-refractivity contribution in [2.75, 3.05) is 11.0 Å². The van der Waals surface area contributed by atoms with Crippen LogP contribution in [0.2, 0.25) is 0 Å². The van der Waals surface area contributed by atoms with E-state index in [1.165, 1.54) is 6.07 Å². The molecule has 0 aromatic heterocycles. The van der Waals surface area contributed by atoms with Gasteiger partial charge in [-0.05, 0) is 24.6 Å². The summed E-state index contributed by atoms with van der Waals surface area (Å²) in [5.41, 5.74) is 6.73. The molecule has 1 aromatic carbocycles. The Bertz CT molecular complexity index is 261. The summed E-state index contributed by atoms with van der Waals surface area (Å²) in [6.45, 7) is 1.85. The summed E-state index contributed by atoms with van der Waals surface area (Å²) in [5, 5.41) is 18.6. The van der Waals surface area contributed by atoms with E-state index in [2.05, 4.69) is 0 Å². The van der Waals surface area contributed by atoms with E-state index in [1.54, 1.807) is 12.1 Å². The van der Waals surface area contributed by atoms with Crippen molar-refractivity contribution in [1.82, 2.24) is 0 Å². The fraction of sp³-hybridized carbons (Fsp3) is 0.143. The third-order valence-corrected chi connectivity index (χ3v) is 1.39. The second-order valence-electron chi connectivity index (χ2n) is 2.34. The van der Waals surface area contributed by atoms with E-state index in [0.29, 0.717) is 0 Å². The molecule has 3 N–H and O–H groups in total. The molecule has 0 aliphatic rings. The average molecular weight is 153 g/mol. The summed E-state index contributed by atoms with van der Waals surface area (Å²) in [5.74, 6) is 0. The number of benzene rings is 1. The van der Waals surface area contributed by atoms with Gasteiger partial charge in [-0.3, -0.25) is 5.21 Å². The van der Waals surface area contributed by atoms with E-state index in [-0.39, 0.29) is 16.6 Å². The summed E-state index contributed by atoms with van der Waals surface area (Å²) in [6.07, 6.45) is 0. The van der Waals surface area contributed by atoms with Gasteiger partial charge < -0.3 is 16.2 Å². The van der Waals surface area contributed by atoms with Crippen LogP contribution in [0.3, 0.4) is 0 Å². The molecule has 60 valence electrons. The van der Waals surface area contributed by atoms with E-state index >= 15 is 0 Å². The molecule has 0 amide bonds. The van der Waals surface area contributed by atoms with Crippen LogP contribution in [0, 0.1) is 12.1 Å². The zero-order chi connectivity index (χ0) is 8.43. The number of hydrogen-bond donors (Lipinski definition) is 2. The fourth-order valence-electron chi connectivity index (χ4n) is 0.848. The van der Waals surface area contributed by atoms with Gasteiger partial charge in [-0.1, -0.05) is 6.07 Å². The van der Waals surface area contributed by atoms with Crippen LogP contribution in [0.5, 0.6) is 0 Å². The van der Waals surface area contributed by atoms with Gasteiger partial charge in [0.1, 0.15) is 0 Å². The number of anilines is 2. The van der Waals surface area contributed by atoms with Crippen molar-refractivity contribution in [2.45, 2.75) is 6.92 Å². The lowest BCUT2D eigenvalue weighted by atomic mass is 10.2. The summed E-state index contributed by atoms with van der Waals surface area (Å²) in [7, 11) is 0. The average Bonchev–Trinajstić information content (AvgIpc) is 1.85. The lowest BCUT2D eigenvalue weighted by Crippen LogP contribution is -2.09. The van der Waals surface area contributed by atoms with Gasteiger partial charge in [0.25, 0.3) is 0 Å². The van der Waals surface area contributed by atoms with Gasteiger partial charge in [-0.25, -0.2) is 0 Å². The third kappa shape index (κ3) is 1.60. The largest absolute Gasteiger partial charge is 0.733 e. The second-order valence-corrected chi connectivity index (χ2v) is 2.34. The fourth-order valence-corrected chi connectivity index (χ4v) is 0.848. The van der Waals surface area contributed by atoms with Crippen molar-refractivity contribution in [1.29, 1.82) is 0 Å². The van der Waals surface area contributed by atoms with Gasteiger partial charge >= 0.3 is 0 Å². The Morgan fingerprint density at radius 3 is 2.64 bits per heavy atom. The van der Waals surface area contributed by atoms with Gasteiger partial charge in [0.05, 0.1) is 11.4 Å². The molecule has 0 aliphatic carbocycles. The Balaban J connectivity index is 3.09. The molecule has 0 spiro atoms. The minimum absolute atomic E-state index is 0.0793. The maximum atomic E-state index is 10.4.